The first-order valence-electron chi connectivity index (χ1n) is 8.48. The topological polar surface area (TPSA) is 112 Å². The summed E-state index contributed by atoms with van der Waals surface area (Å²) in [6.07, 6.45) is 1.55. The van der Waals surface area contributed by atoms with Crippen LogP contribution in [0, 0.1) is 5.82 Å². The Bertz CT molecular complexity index is 1430. The number of aromatic nitrogens is 2. The van der Waals surface area contributed by atoms with Crippen LogP contribution in [0.25, 0.3) is 33.2 Å². The van der Waals surface area contributed by atoms with Crippen LogP contribution in [0.5, 0.6) is 0 Å². The van der Waals surface area contributed by atoms with Crippen molar-refractivity contribution in [2.45, 2.75) is 4.90 Å². The minimum atomic E-state index is -4.15. The Labute approximate surface area is 181 Å². The molecule has 4 aromatic rings. The third kappa shape index (κ3) is 3.70. The van der Waals surface area contributed by atoms with E-state index in [-0.39, 0.29) is 37.6 Å². The Morgan fingerprint density at radius 1 is 0.967 bits per heavy atom. The molecule has 0 spiro atoms. The van der Waals surface area contributed by atoms with Crippen molar-refractivity contribution in [3.8, 4) is 22.3 Å². The number of primary sulfonamides is 1. The summed E-state index contributed by atoms with van der Waals surface area (Å²) in [6.45, 7) is 0. The van der Waals surface area contributed by atoms with E-state index in [1.807, 2.05) is 0 Å². The Morgan fingerprint density at radius 3 is 2.43 bits per heavy atom. The van der Waals surface area contributed by atoms with Crippen molar-refractivity contribution < 1.29 is 12.8 Å². The summed E-state index contributed by atoms with van der Waals surface area (Å²) in [5, 5.41) is 5.75. The van der Waals surface area contributed by atoms with E-state index in [4.69, 9.17) is 34.1 Å². The molecule has 0 bridgehead atoms. The highest BCUT2D eigenvalue weighted by molar-refractivity contribution is 7.89. The van der Waals surface area contributed by atoms with Crippen LogP contribution in [0.2, 0.25) is 10.0 Å². The Kier molecular flexibility index (Phi) is 5.11. The summed E-state index contributed by atoms with van der Waals surface area (Å²) in [7, 11) is -4.15. The summed E-state index contributed by atoms with van der Waals surface area (Å²) in [5.41, 5.74) is 7.26. The van der Waals surface area contributed by atoms with Gasteiger partial charge in [-0.05, 0) is 29.8 Å². The van der Waals surface area contributed by atoms with Gasteiger partial charge < -0.3 is 5.73 Å². The molecular weight excluding hydrogens is 450 g/mol. The number of hydrogen-bond acceptors (Lipinski definition) is 5. The molecule has 4 rings (SSSR count). The molecule has 4 N–H and O–H groups in total. The molecule has 0 saturated heterocycles. The smallest absolute Gasteiger partial charge is 0.239 e. The van der Waals surface area contributed by atoms with Crippen LogP contribution in [0.3, 0.4) is 0 Å². The van der Waals surface area contributed by atoms with Crippen molar-refractivity contribution in [1.82, 2.24) is 9.97 Å². The van der Waals surface area contributed by atoms with Gasteiger partial charge in [-0.3, -0.25) is 0 Å². The molecule has 0 aliphatic carbocycles. The summed E-state index contributed by atoms with van der Waals surface area (Å²) >= 11 is 12.3. The van der Waals surface area contributed by atoms with E-state index in [9.17, 15) is 8.42 Å². The lowest BCUT2D eigenvalue weighted by molar-refractivity contribution is 0.598. The predicted molar refractivity (Wildman–Crippen MR) is 116 cm³/mol. The van der Waals surface area contributed by atoms with E-state index in [2.05, 4.69) is 9.97 Å². The van der Waals surface area contributed by atoms with Gasteiger partial charge in [0.2, 0.25) is 16.0 Å². The van der Waals surface area contributed by atoms with Crippen molar-refractivity contribution in [2.24, 2.45) is 5.14 Å². The highest BCUT2D eigenvalue weighted by atomic mass is 35.5. The van der Waals surface area contributed by atoms with Gasteiger partial charge in [0.15, 0.2) is 0 Å². The fraction of sp³-hybridized carbons (Fsp3) is 0. The van der Waals surface area contributed by atoms with Crippen LogP contribution in [-0.2, 0) is 10.0 Å². The number of rotatable bonds is 3. The molecule has 0 saturated carbocycles. The van der Waals surface area contributed by atoms with E-state index >= 15 is 4.39 Å². The van der Waals surface area contributed by atoms with Crippen molar-refractivity contribution in [3.05, 3.63) is 70.6 Å². The molecule has 10 heteroatoms. The molecule has 0 aliphatic rings. The quantitative estimate of drug-likeness (QED) is 0.460. The van der Waals surface area contributed by atoms with Gasteiger partial charge in [0.25, 0.3) is 0 Å². The fourth-order valence-electron chi connectivity index (χ4n) is 3.15. The summed E-state index contributed by atoms with van der Waals surface area (Å²) in [4.78, 5) is 7.70. The molecule has 6 nitrogen and oxygen atoms in total. The molecule has 0 amide bonds. The number of fused-ring (bicyclic) bond motifs is 1. The maximum atomic E-state index is 15.5. The lowest BCUT2D eigenvalue weighted by Crippen LogP contribution is -2.13. The highest BCUT2D eigenvalue weighted by Gasteiger charge is 2.21. The number of hydrogen-bond donors (Lipinski definition) is 2. The van der Waals surface area contributed by atoms with Crippen molar-refractivity contribution >= 4 is 50.1 Å². The summed E-state index contributed by atoms with van der Waals surface area (Å²) < 4.78 is 39.2. The van der Waals surface area contributed by atoms with Crippen LogP contribution in [-0.4, -0.2) is 18.4 Å². The number of nitrogen functional groups attached to an aromatic ring is 1. The van der Waals surface area contributed by atoms with Gasteiger partial charge in [0, 0.05) is 33.3 Å². The van der Waals surface area contributed by atoms with Crippen LogP contribution in [0.1, 0.15) is 0 Å². The van der Waals surface area contributed by atoms with Crippen LogP contribution < -0.4 is 10.9 Å². The highest BCUT2D eigenvalue weighted by Crippen LogP contribution is 2.39. The van der Waals surface area contributed by atoms with E-state index in [1.165, 1.54) is 12.1 Å². The van der Waals surface area contributed by atoms with E-state index in [1.54, 1.807) is 36.5 Å². The maximum absolute atomic E-state index is 15.5. The average molecular weight is 463 g/mol. The van der Waals surface area contributed by atoms with Gasteiger partial charge in [-0.25, -0.2) is 27.9 Å². The monoisotopic (exact) mass is 462 g/mol. The zero-order valence-corrected chi connectivity index (χ0v) is 17.4. The van der Waals surface area contributed by atoms with Gasteiger partial charge in [-0.2, -0.15) is 0 Å². The number of nitrogens with two attached hydrogens (primary N) is 2. The second kappa shape index (κ2) is 7.48. The Morgan fingerprint density at radius 2 is 1.70 bits per heavy atom. The van der Waals surface area contributed by atoms with Gasteiger partial charge >= 0.3 is 0 Å². The van der Waals surface area contributed by atoms with E-state index < -0.39 is 15.8 Å². The van der Waals surface area contributed by atoms with E-state index in [0.29, 0.717) is 16.5 Å². The van der Waals surface area contributed by atoms with Crippen LogP contribution in [0.4, 0.5) is 10.3 Å². The zero-order chi connectivity index (χ0) is 21.6. The minimum Gasteiger partial charge on any atom is -0.368 e. The molecule has 30 heavy (non-hydrogen) atoms. The lowest BCUT2D eigenvalue weighted by atomic mass is 9.97. The molecule has 0 atom stereocenters. The molecule has 0 fully saturated rings. The first kappa shape index (κ1) is 20.5. The molecule has 3 aromatic carbocycles. The largest absolute Gasteiger partial charge is 0.368 e. The van der Waals surface area contributed by atoms with Gasteiger partial charge in [-0.15, -0.1) is 0 Å². The maximum Gasteiger partial charge on any atom is 0.239 e. The molecule has 152 valence electrons. The third-order valence-corrected chi connectivity index (χ3v) is 6.18. The van der Waals surface area contributed by atoms with Gasteiger partial charge in [-0.1, -0.05) is 47.5 Å². The number of sulfonamides is 1. The number of anilines is 1. The molecule has 1 aromatic heterocycles. The molecule has 0 aliphatic heterocycles. The van der Waals surface area contributed by atoms with Crippen molar-refractivity contribution in [1.29, 1.82) is 0 Å². The predicted octanol–water partition coefficient (Wildman–Crippen LogP) is 4.64. The second-order valence-corrected chi connectivity index (χ2v) is 8.82. The third-order valence-electron chi connectivity index (χ3n) is 4.51. The fourth-order valence-corrected chi connectivity index (χ4v) is 4.61. The number of halogens is 3. The van der Waals surface area contributed by atoms with Crippen LogP contribution >= 0.6 is 23.2 Å². The number of nitrogens with zero attached hydrogens (tertiary/aromatic N) is 2. The Hall–Kier alpha value is -2.78. The lowest BCUT2D eigenvalue weighted by Gasteiger charge is -2.13. The van der Waals surface area contributed by atoms with Gasteiger partial charge in [0.1, 0.15) is 10.7 Å². The van der Waals surface area contributed by atoms with Gasteiger partial charge in [0.05, 0.1) is 10.5 Å². The van der Waals surface area contributed by atoms with Crippen molar-refractivity contribution in [2.75, 3.05) is 5.73 Å². The van der Waals surface area contributed by atoms with Crippen LogP contribution in [0.15, 0.2) is 59.6 Å². The Balaban J connectivity index is 1.92. The normalized spacial score (nSPS) is 11.7. The summed E-state index contributed by atoms with van der Waals surface area (Å²) in [5.74, 6) is -0.456. The second-order valence-electron chi connectivity index (χ2n) is 6.48. The zero-order valence-electron chi connectivity index (χ0n) is 15.1. The molecule has 0 unspecified atom stereocenters. The SMILES string of the molecule is Nc1ncc2cc(-c3cccc(-c4cc(Cl)cc(S(N)(=O)=O)c4Cl)c3F)ccc2n1. The van der Waals surface area contributed by atoms with E-state index in [0.717, 1.165) is 6.07 Å². The standard InChI is InChI=1S/C20H13Cl2FN4O2S/c21-12-7-15(18(22)17(8-12)30(25,28)29)14-3-1-2-13(19(14)23)10-4-5-16-11(6-10)9-26-20(24)27-16/h1-9H,(H2,24,26,27)(H2,25,28,29). The van der Waals surface area contributed by atoms with Crippen molar-refractivity contribution in [3.63, 3.8) is 0 Å². The summed E-state index contributed by atoms with van der Waals surface area (Å²) in [6, 6.07) is 12.4. The first-order chi connectivity index (χ1) is 14.1. The minimum absolute atomic E-state index is 0.0590. The molecular formula is C20H13Cl2FN4O2S. The molecule has 1 heterocycles. The number of benzene rings is 3. The average Bonchev–Trinajstić information content (AvgIpc) is 2.68. The molecule has 0 radical (unpaired) electrons. The first-order valence-corrected chi connectivity index (χ1v) is 10.8.